The van der Waals surface area contributed by atoms with E-state index in [0.29, 0.717) is 6.54 Å². The van der Waals surface area contributed by atoms with Crippen LogP contribution in [0.1, 0.15) is 18.9 Å². The van der Waals surface area contributed by atoms with E-state index in [0.717, 1.165) is 16.4 Å². The van der Waals surface area contributed by atoms with E-state index in [-0.39, 0.29) is 23.5 Å². The molecule has 6 heteroatoms. The standard InChI is InChI=1S/C13H16FNO3S/c1-3-15(2)19(17,18)13-8-7-12(14)10-11(13)6-4-5-9-16/h7-8,10,16H,3,5,9H2,1-2H3. The Balaban J connectivity index is 3.33. The van der Waals surface area contributed by atoms with Crippen molar-refractivity contribution in [3.63, 3.8) is 0 Å². The molecule has 0 aliphatic heterocycles. The first-order valence-corrected chi connectivity index (χ1v) is 7.23. The zero-order valence-electron chi connectivity index (χ0n) is 10.9. The summed E-state index contributed by atoms with van der Waals surface area (Å²) in [6, 6.07) is 3.38. The number of aliphatic hydroxyl groups is 1. The van der Waals surface area contributed by atoms with Crippen LogP contribution < -0.4 is 0 Å². The number of nitrogens with zero attached hydrogens (tertiary/aromatic N) is 1. The number of rotatable bonds is 4. The summed E-state index contributed by atoms with van der Waals surface area (Å²) in [5, 5.41) is 8.65. The molecule has 0 radical (unpaired) electrons. The highest BCUT2D eigenvalue weighted by molar-refractivity contribution is 7.89. The van der Waals surface area contributed by atoms with Crippen molar-refractivity contribution in [3.8, 4) is 11.8 Å². The molecule has 0 saturated heterocycles. The number of halogens is 1. The van der Waals surface area contributed by atoms with Crippen molar-refractivity contribution < 1.29 is 17.9 Å². The Kier molecular flexibility index (Phi) is 5.48. The summed E-state index contributed by atoms with van der Waals surface area (Å²) in [7, 11) is -2.22. The Hall–Kier alpha value is -1.42. The number of sulfonamides is 1. The molecule has 104 valence electrons. The van der Waals surface area contributed by atoms with Gasteiger partial charge in [0.25, 0.3) is 0 Å². The third kappa shape index (κ3) is 3.77. The maximum atomic E-state index is 13.2. The molecular formula is C13H16FNO3S. The fraction of sp³-hybridized carbons (Fsp3) is 0.385. The van der Waals surface area contributed by atoms with Gasteiger partial charge in [-0.2, -0.15) is 0 Å². The summed E-state index contributed by atoms with van der Waals surface area (Å²) in [5.41, 5.74) is 0.105. The molecular weight excluding hydrogens is 269 g/mol. The first-order valence-electron chi connectivity index (χ1n) is 5.79. The van der Waals surface area contributed by atoms with Gasteiger partial charge < -0.3 is 5.11 Å². The number of hydrogen-bond donors (Lipinski definition) is 1. The van der Waals surface area contributed by atoms with Crippen LogP contribution in [0.15, 0.2) is 23.1 Å². The minimum atomic E-state index is -3.67. The minimum Gasteiger partial charge on any atom is -0.395 e. The highest BCUT2D eigenvalue weighted by Crippen LogP contribution is 2.19. The fourth-order valence-corrected chi connectivity index (χ4v) is 2.68. The summed E-state index contributed by atoms with van der Waals surface area (Å²) < 4.78 is 38.8. The van der Waals surface area contributed by atoms with Crippen molar-refractivity contribution in [2.45, 2.75) is 18.2 Å². The van der Waals surface area contributed by atoms with Crippen LogP contribution in [0.2, 0.25) is 0 Å². The lowest BCUT2D eigenvalue weighted by Crippen LogP contribution is -2.27. The van der Waals surface area contributed by atoms with Crippen molar-refractivity contribution in [1.29, 1.82) is 0 Å². The maximum absolute atomic E-state index is 13.2. The van der Waals surface area contributed by atoms with Gasteiger partial charge in [-0.25, -0.2) is 17.1 Å². The Morgan fingerprint density at radius 2 is 2.11 bits per heavy atom. The van der Waals surface area contributed by atoms with E-state index in [1.165, 1.54) is 13.1 Å². The molecule has 0 unspecified atom stereocenters. The van der Waals surface area contributed by atoms with Crippen LogP contribution in [0.3, 0.4) is 0 Å². The summed E-state index contributed by atoms with van der Waals surface area (Å²) in [6.45, 7) is 1.89. The molecule has 1 aromatic carbocycles. The second kappa shape index (κ2) is 6.66. The average Bonchev–Trinajstić information content (AvgIpc) is 2.37. The Morgan fingerprint density at radius 1 is 1.42 bits per heavy atom. The van der Waals surface area contributed by atoms with Crippen molar-refractivity contribution in [3.05, 3.63) is 29.6 Å². The first kappa shape index (κ1) is 15.6. The molecule has 1 aromatic rings. The topological polar surface area (TPSA) is 57.6 Å². The lowest BCUT2D eigenvalue weighted by Gasteiger charge is -2.15. The predicted molar refractivity (Wildman–Crippen MR) is 70.5 cm³/mol. The maximum Gasteiger partial charge on any atom is 0.244 e. The van der Waals surface area contributed by atoms with Gasteiger partial charge in [-0.1, -0.05) is 18.8 Å². The van der Waals surface area contributed by atoms with Gasteiger partial charge in [0.1, 0.15) is 5.82 Å². The number of benzene rings is 1. The third-order valence-electron chi connectivity index (χ3n) is 2.54. The van der Waals surface area contributed by atoms with Crippen LogP contribution >= 0.6 is 0 Å². The molecule has 4 nitrogen and oxygen atoms in total. The van der Waals surface area contributed by atoms with Crippen LogP contribution in [-0.2, 0) is 10.0 Å². The molecule has 0 heterocycles. The highest BCUT2D eigenvalue weighted by atomic mass is 32.2. The van der Waals surface area contributed by atoms with Crippen molar-refractivity contribution >= 4 is 10.0 Å². The SMILES string of the molecule is CCN(C)S(=O)(=O)c1ccc(F)cc1C#CCCO. The summed E-state index contributed by atoms with van der Waals surface area (Å²) in [6.07, 6.45) is 0.208. The molecule has 0 aliphatic carbocycles. The molecule has 0 atom stereocenters. The van der Waals surface area contributed by atoms with Crippen molar-refractivity contribution in [1.82, 2.24) is 4.31 Å². The van der Waals surface area contributed by atoms with Gasteiger partial charge in [0, 0.05) is 25.6 Å². The Bertz CT molecular complexity index is 602. The molecule has 0 amide bonds. The molecule has 0 spiro atoms. The van der Waals surface area contributed by atoms with Gasteiger partial charge in [-0.05, 0) is 18.2 Å². The molecule has 0 aromatic heterocycles. The zero-order valence-corrected chi connectivity index (χ0v) is 11.7. The van der Waals surface area contributed by atoms with Gasteiger partial charge >= 0.3 is 0 Å². The Labute approximate surface area is 112 Å². The van der Waals surface area contributed by atoms with Crippen LogP contribution in [-0.4, -0.2) is 38.0 Å². The smallest absolute Gasteiger partial charge is 0.244 e. The van der Waals surface area contributed by atoms with Crippen LogP contribution in [0.25, 0.3) is 0 Å². The quantitative estimate of drug-likeness (QED) is 0.846. The summed E-state index contributed by atoms with van der Waals surface area (Å²) >= 11 is 0. The molecule has 0 aliphatic rings. The number of hydrogen-bond acceptors (Lipinski definition) is 3. The van der Waals surface area contributed by atoms with Gasteiger partial charge in [0.2, 0.25) is 10.0 Å². The van der Waals surface area contributed by atoms with E-state index in [2.05, 4.69) is 11.8 Å². The van der Waals surface area contributed by atoms with E-state index in [4.69, 9.17) is 5.11 Å². The monoisotopic (exact) mass is 285 g/mol. The van der Waals surface area contributed by atoms with Gasteiger partial charge in [0.05, 0.1) is 11.5 Å². The van der Waals surface area contributed by atoms with E-state index in [9.17, 15) is 12.8 Å². The van der Waals surface area contributed by atoms with E-state index >= 15 is 0 Å². The van der Waals surface area contributed by atoms with E-state index < -0.39 is 15.8 Å². The lowest BCUT2D eigenvalue weighted by atomic mass is 10.2. The molecule has 19 heavy (non-hydrogen) atoms. The van der Waals surface area contributed by atoms with Gasteiger partial charge in [0.15, 0.2) is 0 Å². The van der Waals surface area contributed by atoms with Crippen LogP contribution in [0.4, 0.5) is 4.39 Å². The normalized spacial score (nSPS) is 11.2. The van der Waals surface area contributed by atoms with Crippen molar-refractivity contribution in [2.24, 2.45) is 0 Å². The Morgan fingerprint density at radius 3 is 2.68 bits per heavy atom. The zero-order chi connectivity index (χ0) is 14.5. The van der Waals surface area contributed by atoms with Crippen molar-refractivity contribution in [2.75, 3.05) is 20.2 Å². The molecule has 0 bridgehead atoms. The fourth-order valence-electron chi connectivity index (χ4n) is 1.38. The second-order valence-corrected chi connectivity index (χ2v) is 5.85. The summed E-state index contributed by atoms with van der Waals surface area (Å²) in [4.78, 5) is -0.0244. The highest BCUT2D eigenvalue weighted by Gasteiger charge is 2.22. The van der Waals surface area contributed by atoms with E-state index in [1.807, 2.05) is 0 Å². The van der Waals surface area contributed by atoms with Gasteiger partial charge in [-0.15, -0.1) is 0 Å². The molecule has 0 saturated carbocycles. The minimum absolute atomic E-state index is 0.0244. The second-order valence-electron chi connectivity index (χ2n) is 3.84. The molecule has 0 fully saturated rings. The molecule has 1 rings (SSSR count). The third-order valence-corrected chi connectivity index (χ3v) is 4.53. The average molecular weight is 285 g/mol. The van der Waals surface area contributed by atoms with Crippen LogP contribution in [0.5, 0.6) is 0 Å². The van der Waals surface area contributed by atoms with E-state index in [1.54, 1.807) is 6.92 Å². The molecule has 1 N–H and O–H groups in total. The number of aliphatic hydroxyl groups excluding tert-OH is 1. The predicted octanol–water partition coefficient (Wildman–Crippen LogP) is 1.20. The summed E-state index contributed by atoms with van der Waals surface area (Å²) in [5.74, 6) is 4.63. The largest absolute Gasteiger partial charge is 0.395 e. The van der Waals surface area contributed by atoms with Crippen LogP contribution in [0, 0.1) is 17.7 Å². The lowest BCUT2D eigenvalue weighted by molar-refractivity contribution is 0.305. The van der Waals surface area contributed by atoms with Gasteiger partial charge in [-0.3, -0.25) is 0 Å². The first-order chi connectivity index (χ1) is 8.93.